The minimum atomic E-state index is -0.338. The lowest BCUT2D eigenvalue weighted by Crippen LogP contribution is -2.31. The van der Waals surface area contributed by atoms with Crippen molar-refractivity contribution in [1.29, 1.82) is 0 Å². The summed E-state index contributed by atoms with van der Waals surface area (Å²) in [6, 6.07) is 15.9. The van der Waals surface area contributed by atoms with Crippen molar-refractivity contribution in [2.45, 2.75) is 26.2 Å². The molecule has 0 fully saturated rings. The van der Waals surface area contributed by atoms with Crippen LogP contribution in [0.3, 0.4) is 0 Å². The number of carbonyl (C=O) groups excluding carboxylic acids is 1. The molecule has 0 saturated carbocycles. The summed E-state index contributed by atoms with van der Waals surface area (Å²) < 4.78 is 14.6. The number of hydrogen-bond acceptors (Lipinski definition) is 4. The normalized spacial score (nSPS) is 12.6. The molecule has 2 aromatic carbocycles. The number of tetrazole rings is 1. The number of benzene rings is 2. The molecule has 0 bridgehead atoms. The molecule has 1 atom stereocenters. The minimum Gasteiger partial charge on any atom is -0.350 e. The molecule has 28 heavy (non-hydrogen) atoms. The zero-order valence-electron chi connectivity index (χ0n) is 15.8. The summed E-state index contributed by atoms with van der Waals surface area (Å²) in [6.45, 7) is 4.29. The Morgan fingerprint density at radius 3 is 2.50 bits per heavy atom. The van der Waals surface area contributed by atoms with Crippen LogP contribution < -0.4 is 5.32 Å². The van der Waals surface area contributed by atoms with Crippen LogP contribution in [0.1, 0.15) is 36.2 Å². The van der Waals surface area contributed by atoms with Crippen molar-refractivity contribution in [3.05, 3.63) is 77.4 Å². The molecule has 3 rings (SSSR count). The van der Waals surface area contributed by atoms with Gasteiger partial charge < -0.3 is 5.32 Å². The summed E-state index contributed by atoms with van der Waals surface area (Å²) in [5.74, 6) is 0.0512. The van der Waals surface area contributed by atoms with Crippen LogP contribution in [0.5, 0.6) is 0 Å². The van der Waals surface area contributed by atoms with Crippen LogP contribution in [-0.4, -0.2) is 32.7 Å². The number of nitrogens with zero attached hydrogens (tertiary/aromatic N) is 4. The number of rotatable bonds is 7. The van der Waals surface area contributed by atoms with E-state index in [9.17, 15) is 9.18 Å². The quantitative estimate of drug-likeness (QED) is 0.639. The van der Waals surface area contributed by atoms with E-state index < -0.39 is 0 Å². The number of halogens is 1. The first-order valence-electron chi connectivity index (χ1n) is 9.14. The topological polar surface area (TPSA) is 72.7 Å². The average molecular weight is 379 g/mol. The highest BCUT2D eigenvalue weighted by Gasteiger charge is 2.18. The summed E-state index contributed by atoms with van der Waals surface area (Å²) in [6.07, 6.45) is 2.53. The van der Waals surface area contributed by atoms with E-state index in [1.54, 1.807) is 25.1 Å². The molecule has 6 nitrogen and oxygen atoms in total. The molecule has 144 valence electrons. The van der Waals surface area contributed by atoms with Crippen molar-refractivity contribution in [3.8, 4) is 0 Å². The van der Waals surface area contributed by atoms with E-state index in [0.29, 0.717) is 17.9 Å². The maximum absolute atomic E-state index is 13.2. The highest BCUT2D eigenvalue weighted by atomic mass is 19.1. The van der Waals surface area contributed by atoms with Crippen molar-refractivity contribution >= 4 is 17.7 Å². The van der Waals surface area contributed by atoms with E-state index in [2.05, 4.69) is 39.9 Å². The minimum absolute atomic E-state index is 0.201. The SMILES string of the molecule is CCC(CNC(=O)/C(=C/c1ccc(F)cc1)n1nnnc1C)c1ccccc1. The zero-order chi connectivity index (χ0) is 19.9. The van der Waals surface area contributed by atoms with Crippen LogP contribution in [0.2, 0.25) is 0 Å². The molecule has 0 aliphatic heterocycles. The van der Waals surface area contributed by atoms with Crippen LogP contribution in [0, 0.1) is 12.7 Å². The van der Waals surface area contributed by atoms with E-state index in [4.69, 9.17) is 0 Å². The predicted molar refractivity (Wildman–Crippen MR) is 106 cm³/mol. The molecule has 0 spiro atoms. The molecule has 0 radical (unpaired) electrons. The van der Waals surface area contributed by atoms with Gasteiger partial charge >= 0.3 is 0 Å². The fourth-order valence-electron chi connectivity index (χ4n) is 2.92. The van der Waals surface area contributed by atoms with Crippen LogP contribution in [0.25, 0.3) is 11.8 Å². The summed E-state index contributed by atoms with van der Waals surface area (Å²) in [5, 5.41) is 14.4. The van der Waals surface area contributed by atoms with Crippen LogP contribution in [-0.2, 0) is 4.79 Å². The van der Waals surface area contributed by atoms with Gasteiger partial charge in [0.05, 0.1) is 0 Å². The molecule has 0 aliphatic rings. The highest BCUT2D eigenvalue weighted by Crippen LogP contribution is 2.19. The Morgan fingerprint density at radius 2 is 1.89 bits per heavy atom. The maximum atomic E-state index is 13.2. The van der Waals surface area contributed by atoms with E-state index in [1.165, 1.54) is 22.4 Å². The van der Waals surface area contributed by atoms with Gasteiger partial charge in [-0.15, -0.1) is 5.10 Å². The predicted octanol–water partition coefficient (Wildman–Crippen LogP) is 3.43. The standard InChI is InChI=1S/C21H22FN5O/c1-3-17(18-7-5-4-6-8-18)14-23-21(28)20(27-15(2)24-25-26-27)13-16-9-11-19(22)12-10-16/h4-13,17H,3,14H2,1-2H3,(H,23,28)/b20-13-. The number of aromatic nitrogens is 4. The van der Waals surface area contributed by atoms with Crippen molar-refractivity contribution in [2.24, 2.45) is 0 Å². The van der Waals surface area contributed by atoms with Gasteiger partial charge in [-0.05, 0) is 53.1 Å². The number of carbonyl (C=O) groups is 1. The average Bonchev–Trinajstić information content (AvgIpc) is 3.14. The largest absolute Gasteiger partial charge is 0.350 e. The Labute approximate surface area is 163 Å². The zero-order valence-corrected chi connectivity index (χ0v) is 15.8. The van der Waals surface area contributed by atoms with Gasteiger partial charge in [0.2, 0.25) is 0 Å². The van der Waals surface area contributed by atoms with Gasteiger partial charge in [-0.2, -0.15) is 4.68 Å². The van der Waals surface area contributed by atoms with Gasteiger partial charge in [0, 0.05) is 12.5 Å². The van der Waals surface area contributed by atoms with Gasteiger partial charge in [-0.3, -0.25) is 4.79 Å². The molecular formula is C21H22FN5O. The first-order chi connectivity index (χ1) is 13.6. The van der Waals surface area contributed by atoms with Crippen LogP contribution >= 0.6 is 0 Å². The molecule has 1 amide bonds. The lowest BCUT2D eigenvalue weighted by atomic mass is 9.96. The molecule has 0 saturated heterocycles. The van der Waals surface area contributed by atoms with Crippen molar-refractivity contribution < 1.29 is 9.18 Å². The Bertz CT molecular complexity index is 950. The summed E-state index contributed by atoms with van der Waals surface area (Å²) >= 11 is 0. The van der Waals surface area contributed by atoms with E-state index in [1.807, 2.05) is 18.2 Å². The smallest absolute Gasteiger partial charge is 0.270 e. The van der Waals surface area contributed by atoms with Crippen LogP contribution in [0.15, 0.2) is 54.6 Å². The monoisotopic (exact) mass is 379 g/mol. The molecule has 0 aliphatic carbocycles. The summed E-state index contributed by atoms with van der Waals surface area (Å²) in [4.78, 5) is 12.9. The van der Waals surface area contributed by atoms with Crippen molar-refractivity contribution in [2.75, 3.05) is 6.54 Å². The third-order valence-electron chi connectivity index (χ3n) is 4.53. The molecule has 1 unspecified atom stereocenters. The van der Waals surface area contributed by atoms with Crippen LogP contribution in [0.4, 0.5) is 4.39 Å². The molecular weight excluding hydrogens is 357 g/mol. The first kappa shape index (κ1) is 19.4. The fraction of sp³-hybridized carbons (Fsp3) is 0.238. The highest BCUT2D eigenvalue weighted by molar-refractivity contribution is 6.18. The van der Waals surface area contributed by atoms with Crippen molar-refractivity contribution in [1.82, 2.24) is 25.5 Å². The summed E-state index contributed by atoms with van der Waals surface area (Å²) in [7, 11) is 0. The number of amides is 1. The number of nitrogens with one attached hydrogen (secondary N) is 1. The Hall–Kier alpha value is -3.35. The lowest BCUT2D eigenvalue weighted by Gasteiger charge is -2.17. The van der Waals surface area contributed by atoms with E-state index >= 15 is 0 Å². The van der Waals surface area contributed by atoms with Gasteiger partial charge in [0.15, 0.2) is 5.82 Å². The van der Waals surface area contributed by atoms with Gasteiger partial charge in [-0.25, -0.2) is 4.39 Å². The number of hydrogen-bond donors (Lipinski definition) is 1. The lowest BCUT2D eigenvalue weighted by molar-refractivity contribution is -0.116. The third-order valence-corrected chi connectivity index (χ3v) is 4.53. The third kappa shape index (κ3) is 4.68. The fourth-order valence-corrected chi connectivity index (χ4v) is 2.92. The van der Waals surface area contributed by atoms with Gasteiger partial charge in [-0.1, -0.05) is 49.4 Å². The number of aryl methyl sites for hydroxylation is 1. The Balaban J connectivity index is 1.83. The van der Waals surface area contributed by atoms with Gasteiger partial charge in [0.25, 0.3) is 5.91 Å². The second kappa shape index (κ2) is 9.03. The van der Waals surface area contributed by atoms with E-state index in [-0.39, 0.29) is 23.3 Å². The maximum Gasteiger partial charge on any atom is 0.270 e. The van der Waals surface area contributed by atoms with Gasteiger partial charge in [0.1, 0.15) is 11.5 Å². The first-order valence-corrected chi connectivity index (χ1v) is 9.14. The van der Waals surface area contributed by atoms with Crippen molar-refractivity contribution in [3.63, 3.8) is 0 Å². The molecule has 1 N–H and O–H groups in total. The molecule has 1 aromatic heterocycles. The van der Waals surface area contributed by atoms with E-state index in [0.717, 1.165) is 6.42 Å². The second-order valence-electron chi connectivity index (χ2n) is 6.44. The molecule has 7 heteroatoms. The summed E-state index contributed by atoms with van der Waals surface area (Å²) in [5.41, 5.74) is 2.13. The Kier molecular flexibility index (Phi) is 6.26. The second-order valence-corrected chi connectivity index (χ2v) is 6.44. The molecule has 3 aromatic rings. The Morgan fingerprint density at radius 1 is 1.18 bits per heavy atom. The molecule has 1 heterocycles.